The standard InChI is InChI=1S/C10H12BrN5O4/c11-10(1-17)6(19)5(18)9(20-10)16-3-15-4-7(12)13-2-14-8(4)16/h2-3,5-6,9,17-19H,1H2,(H2,12,13,14)/t5-,6+,9-,10-/m1/s1. The molecule has 1 aliphatic rings. The van der Waals surface area contributed by atoms with Gasteiger partial charge in [0.25, 0.3) is 0 Å². The average molecular weight is 346 g/mol. The van der Waals surface area contributed by atoms with E-state index in [9.17, 15) is 15.3 Å². The number of hydrogen-bond donors (Lipinski definition) is 4. The maximum Gasteiger partial charge on any atom is 0.176 e. The zero-order chi connectivity index (χ0) is 14.5. The van der Waals surface area contributed by atoms with Gasteiger partial charge in [0.15, 0.2) is 22.2 Å². The maximum absolute atomic E-state index is 10.1. The molecule has 3 heterocycles. The van der Waals surface area contributed by atoms with Crippen molar-refractivity contribution < 1.29 is 20.1 Å². The Balaban J connectivity index is 2.06. The first-order chi connectivity index (χ1) is 9.48. The number of imidazole rings is 1. The third-order valence-electron chi connectivity index (χ3n) is 3.25. The molecule has 5 N–H and O–H groups in total. The first-order valence-electron chi connectivity index (χ1n) is 5.74. The number of fused-ring (bicyclic) bond motifs is 1. The molecule has 0 radical (unpaired) electrons. The Kier molecular flexibility index (Phi) is 3.14. The summed E-state index contributed by atoms with van der Waals surface area (Å²) < 4.78 is 5.50. The fourth-order valence-corrected chi connectivity index (χ4v) is 2.62. The van der Waals surface area contributed by atoms with Gasteiger partial charge in [-0.1, -0.05) is 0 Å². The Bertz CT molecular complexity index is 652. The van der Waals surface area contributed by atoms with Crippen molar-refractivity contribution in [1.29, 1.82) is 0 Å². The molecule has 1 saturated heterocycles. The second-order valence-electron chi connectivity index (χ2n) is 4.47. The van der Waals surface area contributed by atoms with Gasteiger partial charge in [-0.05, 0) is 15.9 Å². The Labute approximate surface area is 121 Å². The molecule has 2 aromatic heterocycles. The van der Waals surface area contributed by atoms with Crippen LogP contribution in [-0.2, 0) is 4.74 Å². The third kappa shape index (κ3) is 1.80. The van der Waals surface area contributed by atoms with Crippen LogP contribution in [0.1, 0.15) is 6.23 Å². The minimum absolute atomic E-state index is 0.203. The Morgan fingerprint density at radius 1 is 1.40 bits per heavy atom. The van der Waals surface area contributed by atoms with Crippen LogP contribution in [0.15, 0.2) is 12.7 Å². The molecule has 0 aliphatic carbocycles. The van der Waals surface area contributed by atoms with Crippen molar-refractivity contribution in [3.63, 3.8) is 0 Å². The smallest absolute Gasteiger partial charge is 0.176 e. The molecule has 108 valence electrons. The lowest BCUT2D eigenvalue weighted by molar-refractivity contribution is -0.0665. The molecule has 1 aliphatic heterocycles. The number of aliphatic hydroxyl groups is 3. The van der Waals surface area contributed by atoms with Crippen molar-refractivity contribution in [2.75, 3.05) is 12.3 Å². The number of halogens is 1. The van der Waals surface area contributed by atoms with E-state index in [2.05, 4.69) is 30.9 Å². The highest BCUT2D eigenvalue weighted by Gasteiger charge is 2.53. The SMILES string of the molecule is Nc1ncnc2c1ncn2[C@@H]1O[C@](Br)(CO)[C@@H](O)[C@H]1O. The summed E-state index contributed by atoms with van der Waals surface area (Å²) in [6.45, 7) is -0.508. The molecule has 20 heavy (non-hydrogen) atoms. The van der Waals surface area contributed by atoms with E-state index >= 15 is 0 Å². The normalized spacial score (nSPS) is 33.9. The van der Waals surface area contributed by atoms with Crippen LogP contribution in [0.5, 0.6) is 0 Å². The van der Waals surface area contributed by atoms with Crippen LogP contribution in [0, 0.1) is 0 Å². The van der Waals surface area contributed by atoms with Gasteiger partial charge < -0.3 is 25.8 Å². The number of ether oxygens (including phenoxy) is 1. The zero-order valence-electron chi connectivity index (χ0n) is 10.1. The monoisotopic (exact) mass is 345 g/mol. The van der Waals surface area contributed by atoms with Crippen molar-refractivity contribution in [3.8, 4) is 0 Å². The number of aliphatic hydroxyl groups excluding tert-OH is 3. The number of alkyl halides is 1. The van der Waals surface area contributed by atoms with Crippen LogP contribution in [0.4, 0.5) is 5.82 Å². The highest BCUT2D eigenvalue weighted by Crippen LogP contribution is 2.41. The lowest BCUT2D eigenvalue weighted by Gasteiger charge is -2.22. The van der Waals surface area contributed by atoms with Crippen LogP contribution in [0.25, 0.3) is 11.2 Å². The molecule has 0 bridgehead atoms. The minimum atomic E-state index is -1.44. The van der Waals surface area contributed by atoms with Crippen molar-refractivity contribution in [2.24, 2.45) is 0 Å². The first kappa shape index (κ1) is 13.6. The fourth-order valence-electron chi connectivity index (χ4n) is 2.16. The quantitative estimate of drug-likeness (QED) is 0.494. The van der Waals surface area contributed by atoms with Gasteiger partial charge in [0.2, 0.25) is 0 Å². The minimum Gasteiger partial charge on any atom is -0.392 e. The Hall–Kier alpha value is -1.33. The van der Waals surface area contributed by atoms with Crippen LogP contribution >= 0.6 is 15.9 Å². The van der Waals surface area contributed by atoms with Gasteiger partial charge in [0.1, 0.15) is 24.1 Å². The molecular weight excluding hydrogens is 334 g/mol. The van der Waals surface area contributed by atoms with E-state index in [0.717, 1.165) is 0 Å². The van der Waals surface area contributed by atoms with Crippen molar-refractivity contribution in [1.82, 2.24) is 19.5 Å². The highest BCUT2D eigenvalue weighted by atomic mass is 79.9. The topological polar surface area (TPSA) is 140 Å². The maximum atomic E-state index is 10.1. The summed E-state index contributed by atoms with van der Waals surface area (Å²) in [5.41, 5.74) is 6.41. The number of anilines is 1. The van der Waals surface area contributed by atoms with Crippen LogP contribution < -0.4 is 5.73 Å². The lowest BCUT2D eigenvalue weighted by atomic mass is 10.1. The van der Waals surface area contributed by atoms with E-state index in [1.807, 2.05) is 0 Å². The van der Waals surface area contributed by atoms with Gasteiger partial charge in [-0.25, -0.2) is 15.0 Å². The summed E-state index contributed by atoms with van der Waals surface area (Å²) >= 11 is 3.08. The number of rotatable bonds is 2. The number of hydrogen-bond acceptors (Lipinski definition) is 8. The van der Waals surface area contributed by atoms with Gasteiger partial charge in [-0.15, -0.1) is 0 Å². The van der Waals surface area contributed by atoms with Crippen LogP contribution in [0.3, 0.4) is 0 Å². The van der Waals surface area contributed by atoms with E-state index in [-0.39, 0.29) is 5.82 Å². The van der Waals surface area contributed by atoms with E-state index in [4.69, 9.17) is 10.5 Å². The summed E-state index contributed by atoms with van der Waals surface area (Å²) in [6, 6.07) is 0. The molecule has 0 spiro atoms. The number of aromatic nitrogens is 4. The van der Waals surface area contributed by atoms with Gasteiger partial charge in [-0.2, -0.15) is 0 Å². The van der Waals surface area contributed by atoms with Crippen LogP contribution in [-0.4, -0.2) is 58.2 Å². The van der Waals surface area contributed by atoms with Gasteiger partial charge in [0.05, 0.1) is 12.9 Å². The van der Waals surface area contributed by atoms with E-state index in [0.29, 0.717) is 11.2 Å². The second-order valence-corrected chi connectivity index (χ2v) is 5.81. The summed E-state index contributed by atoms with van der Waals surface area (Å²) in [7, 11) is 0. The predicted molar refractivity (Wildman–Crippen MR) is 70.6 cm³/mol. The largest absolute Gasteiger partial charge is 0.392 e. The van der Waals surface area contributed by atoms with E-state index in [1.165, 1.54) is 17.2 Å². The van der Waals surface area contributed by atoms with E-state index in [1.54, 1.807) is 0 Å². The summed E-state index contributed by atoms with van der Waals surface area (Å²) in [5.74, 6) is 0.203. The number of nitrogens with two attached hydrogens (primary N) is 1. The summed E-state index contributed by atoms with van der Waals surface area (Å²) in [4.78, 5) is 11.9. The molecule has 9 nitrogen and oxygen atoms in total. The molecular formula is C10H12BrN5O4. The van der Waals surface area contributed by atoms with Crippen LogP contribution in [0.2, 0.25) is 0 Å². The summed E-state index contributed by atoms with van der Waals surface area (Å²) in [5, 5.41) is 29.3. The van der Waals surface area contributed by atoms with Crippen molar-refractivity contribution >= 4 is 32.9 Å². The Morgan fingerprint density at radius 2 is 2.15 bits per heavy atom. The third-order valence-corrected chi connectivity index (χ3v) is 4.16. The highest BCUT2D eigenvalue weighted by molar-refractivity contribution is 9.10. The predicted octanol–water partition coefficient (Wildman–Crippen LogP) is -1.26. The second kappa shape index (κ2) is 4.60. The fraction of sp³-hybridized carbons (Fsp3) is 0.500. The average Bonchev–Trinajstić information content (AvgIpc) is 2.96. The van der Waals surface area contributed by atoms with Gasteiger partial charge >= 0.3 is 0 Å². The summed E-state index contributed by atoms with van der Waals surface area (Å²) in [6.07, 6.45) is -0.895. The van der Waals surface area contributed by atoms with Crippen molar-refractivity contribution in [3.05, 3.63) is 12.7 Å². The molecule has 10 heteroatoms. The molecule has 4 atom stereocenters. The molecule has 0 unspecified atom stereocenters. The zero-order valence-corrected chi connectivity index (χ0v) is 11.7. The van der Waals surface area contributed by atoms with Gasteiger partial charge in [0, 0.05) is 0 Å². The lowest BCUT2D eigenvalue weighted by Crippen LogP contribution is -2.40. The molecule has 0 aromatic carbocycles. The molecule has 2 aromatic rings. The Morgan fingerprint density at radius 3 is 2.80 bits per heavy atom. The van der Waals surface area contributed by atoms with E-state index < -0.39 is 29.6 Å². The first-order valence-corrected chi connectivity index (χ1v) is 6.54. The van der Waals surface area contributed by atoms with Crippen molar-refractivity contribution in [2.45, 2.75) is 22.9 Å². The molecule has 0 saturated carbocycles. The molecule has 1 fully saturated rings. The molecule has 3 rings (SSSR count). The number of nitrogens with zero attached hydrogens (tertiary/aromatic N) is 4. The van der Waals surface area contributed by atoms with Gasteiger partial charge in [-0.3, -0.25) is 4.57 Å². The number of nitrogen functional groups attached to an aromatic ring is 1. The molecule has 0 amide bonds.